The van der Waals surface area contributed by atoms with E-state index < -0.39 is 9.91 Å². The zero-order valence-corrected chi connectivity index (χ0v) is 31.4. The van der Waals surface area contributed by atoms with E-state index in [-0.39, 0.29) is 29.7 Å². The molecule has 2 amide bonds. The molecule has 0 aliphatic carbocycles. The molecule has 4 aromatic rings. The minimum atomic E-state index is -0.664. The number of hydrogen-bond acceptors (Lipinski definition) is 6. The van der Waals surface area contributed by atoms with E-state index >= 15 is 0 Å². The average molecular weight is 693 g/mol. The third-order valence-corrected chi connectivity index (χ3v) is 12.7. The van der Waals surface area contributed by atoms with Crippen LogP contribution in [0.3, 0.4) is 0 Å². The van der Waals surface area contributed by atoms with Crippen molar-refractivity contribution in [1.82, 2.24) is 34.7 Å². The van der Waals surface area contributed by atoms with Gasteiger partial charge >= 0.3 is 0 Å². The van der Waals surface area contributed by atoms with Gasteiger partial charge in [0.25, 0.3) is 0 Å². The highest BCUT2D eigenvalue weighted by Crippen LogP contribution is 2.49. The number of hydrogen-bond donors (Lipinski definition) is 2. The van der Waals surface area contributed by atoms with Crippen LogP contribution in [0.5, 0.6) is 0 Å². The van der Waals surface area contributed by atoms with Gasteiger partial charge in [-0.25, -0.2) is 15.0 Å². The molecule has 255 valence electrons. The van der Waals surface area contributed by atoms with E-state index in [1.54, 1.807) is 11.8 Å². The molecule has 1 aromatic carbocycles. The number of pyridine rings is 1. The number of thioether (sulfide) groups is 1. The maximum atomic E-state index is 13.7. The van der Waals surface area contributed by atoms with Gasteiger partial charge in [0.05, 0.1) is 23.4 Å². The van der Waals surface area contributed by atoms with Crippen LogP contribution in [0.15, 0.2) is 42.6 Å². The van der Waals surface area contributed by atoms with Crippen LogP contribution in [0.25, 0.3) is 22.4 Å². The molecular weight excluding hydrogens is 647 g/mol. The Hall–Kier alpha value is -3.88. The van der Waals surface area contributed by atoms with Gasteiger partial charge in [0.1, 0.15) is 22.2 Å². The van der Waals surface area contributed by atoms with E-state index in [4.69, 9.17) is 9.97 Å². The summed E-state index contributed by atoms with van der Waals surface area (Å²) in [7, 11) is 3.79. The Morgan fingerprint density at radius 3 is 2.47 bits per heavy atom. The van der Waals surface area contributed by atoms with Crippen LogP contribution in [0, 0.1) is 29.6 Å². The van der Waals surface area contributed by atoms with E-state index in [2.05, 4.69) is 64.7 Å². The molecule has 11 heteroatoms. The van der Waals surface area contributed by atoms with Crippen LogP contribution >= 0.6 is 11.8 Å². The van der Waals surface area contributed by atoms with Crippen LogP contribution in [-0.2, 0) is 14.5 Å². The minimum Gasteiger partial charge on any atom is -0.340 e. The topological polar surface area (TPSA) is 111 Å². The lowest BCUT2D eigenvalue weighted by molar-refractivity contribution is -0.138. The standard InChI is InChI=1S/C38H46N7O2SSi/c1-23(2)25(5)34(46)44-20-8-10-31(44)33-39-22-30(41-33)27-14-11-26(12-15-27)13-16-28-17-18-29-32(40-28)43-35(42-29)38(48-7)19-9-21-45(38)36(47)37(6,49)24(3)4/h11-12,14-15,17-18,22-25,31H,8-10,19-21H2,1-7H3,(H,39,41)(H,40,42,43). The Morgan fingerprint density at radius 2 is 1.78 bits per heavy atom. The first kappa shape index (κ1) is 35.0. The number of imidazole rings is 2. The Morgan fingerprint density at radius 1 is 1.02 bits per heavy atom. The largest absolute Gasteiger partial charge is 0.340 e. The average Bonchev–Trinajstić information content (AvgIpc) is 3.91. The zero-order valence-electron chi connectivity index (χ0n) is 29.6. The number of carbonyl (C=O) groups is 2. The van der Waals surface area contributed by atoms with E-state index in [0.717, 1.165) is 66.2 Å². The summed E-state index contributed by atoms with van der Waals surface area (Å²) in [6.45, 7) is 13.7. The molecule has 0 saturated carbocycles. The number of nitrogens with one attached hydrogen (secondary N) is 2. The molecule has 6 rings (SSSR count). The molecule has 9 nitrogen and oxygen atoms in total. The highest BCUT2D eigenvalue weighted by Gasteiger charge is 2.50. The Kier molecular flexibility index (Phi) is 9.84. The van der Waals surface area contributed by atoms with Crippen molar-refractivity contribution < 1.29 is 9.59 Å². The highest BCUT2D eigenvalue weighted by atomic mass is 32.2. The van der Waals surface area contributed by atoms with Crippen molar-refractivity contribution >= 4 is 45.0 Å². The molecule has 4 unspecified atom stereocenters. The molecule has 0 bridgehead atoms. The number of nitrogens with zero attached hydrogens (tertiary/aromatic N) is 5. The van der Waals surface area contributed by atoms with E-state index in [0.29, 0.717) is 23.8 Å². The molecular formula is C38H46N7O2SSi. The molecule has 4 atom stereocenters. The Labute approximate surface area is 297 Å². The monoisotopic (exact) mass is 692 g/mol. The van der Waals surface area contributed by atoms with Gasteiger partial charge < -0.3 is 19.8 Å². The molecule has 2 aliphatic heterocycles. The SMILES string of the molecule is CSC1(c2nc3nc(C#Cc4ccc(-c5cnc(C6CCCN6C(=O)C(C)C(C)C)[nH]5)cc4)ccc3[nH]2)CCCN1C(=O)C(C)([Si])C(C)C. The summed E-state index contributed by atoms with van der Waals surface area (Å²) in [6.07, 6.45) is 7.53. The number of carbonyl (C=O) groups excluding carboxylic acids is 2. The van der Waals surface area contributed by atoms with Crippen molar-refractivity contribution in [3.8, 4) is 23.1 Å². The van der Waals surface area contributed by atoms with Gasteiger partial charge in [0, 0.05) is 39.9 Å². The third-order valence-electron chi connectivity index (χ3n) is 10.6. The first-order chi connectivity index (χ1) is 23.4. The molecule has 2 saturated heterocycles. The van der Waals surface area contributed by atoms with Crippen molar-refractivity contribution in [2.24, 2.45) is 17.8 Å². The quantitative estimate of drug-likeness (QED) is 0.155. The van der Waals surface area contributed by atoms with Gasteiger partial charge in [-0.1, -0.05) is 59.6 Å². The number of aromatic nitrogens is 5. The Bertz CT molecular complexity index is 1900. The lowest BCUT2D eigenvalue weighted by Crippen LogP contribution is -2.48. The summed E-state index contributed by atoms with van der Waals surface area (Å²) < 4.78 is 0. The fourth-order valence-electron chi connectivity index (χ4n) is 6.67. The number of amides is 2. The van der Waals surface area contributed by atoms with Gasteiger partial charge in [0.15, 0.2) is 5.65 Å². The minimum absolute atomic E-state index is 0.00897. The second kappa shape index (κ2) is 13.8. The summed E-state index contributed by atoms with van der Waals surface area (Å²) in [5.41, 5.74) is 4.83. The zero-order chi connectivity index (χ0) is 35.1. The van der Waals surface area contributed by atoms with Gasteiger partial charge in [0.2, 0.25) is 11.8 Å². The summed E-state index contributed by atoms with van der Waals surface area (Å²) in [5.74, 6) is 8.75. The molecule has 3 radical (unpaired) electrons. The van der Waals surface area contributed by atoms with E-state index in [1.807, 2.05) is 72.5 Å². The molecule has 2 fully saturated rings. The van der Waals surface area contributed by atoms with Gasteiger partial charge in [-0.15, -0.1) is 11.8 Å². The van der Waals surface area contributed by atoms with E-state index in [1.165, 1.54) is 0 Å². The van der Waals surface area contributed by atoms with Crippen molar-refractivity contribution in [3.05, 3.63) is 65.5 Å². The smallest absolute Gasteiger partial charge is 0.226 e. The molecule has 3 aromatic heterocycles. The number of aromatic amines is 2. The fraction of sp³-hybridized carbons (Fsp3) is 0.500. The molecule has 49 heavy (non-hydrogen) atoms. The summed E-state index contributed by atoms with van der Waals surface area (Å²) in [5, 5.41) is -0.664. The number of H-pyrrole nitrogens is 2. The number of fused-ring (bicyclic) bond motifs is 1. The van der Waals surface area contributed by atoms with E-state index in [9.17, 15) is 9.59 Å². The van der Waals surface area contributed by atoms with Crippen molar-refractivity contribution in [2.75, 3.05) is 19.3 Å². The van der Waals surface area contributed by atoms with Crippen LogP contribution in [0.2, 0.25) is 5.04 Å². The molecule has 2 N–H and O–H groups in total. The van der Waals surface area contributed by atoms with Crippen LogP contribution in [-0.4, -0.2) is 76.1 Å². The Balaban J connectivity index is 1.17. The fourth-order valence-corrected chi connectivity index (χ4v) is 7.84. The summed E-state index contributed by atoms with van der Waals surface area (Å²) in [6, 6.07) is 11.9. The molecule has 2 aliphatic rings. The van der Waals surface area contributed by atoms with Crippen LogP contribution in [0.1, 0.15) is 96.2 Å². The predicted molar refractivity (Wildman–Crippen MR) is 197 cm³/mol. The lowest BCUT2D eigenvalue weighted by Gasteiger charge is -2.41. The lowest BCUT2D eigenvalue weighted by atomic mass is 9.94. The maximum Gasteiger partial charge on any atom is 0.226 e. The highest BCUT2D eigenvalue weighted by molar-refractivity contribution is 7.99. The van der Waals surface area contributed by atoms with Gasteiger partial charge in [-0.05, 0) is 79.5 Å². The number of likely N-dealkylation sites (tertiary alicyclic amines) is 2. The van der Waals surface area contributed by atoms with Crippen LogP contribution < -0.4 is 0 Å². The second-order valence-electron chi connectivity index (χ2n) is 14.3. The van der Waals surface area contributed by atoms with Crippen molar-refractivity contribution in [3.63, 3.8) is 0 Å². The van der Waals surface area contributed by atoms with Crippen LogP contribution in [0.4, 0.5) is 0 Å². The summed E-state index contributed by atoms with van der Waals surface area (Å²) >= 11 is 1.65. The second-order valence-corrected chi connectivity index (χ2v) is 16.4. The van der Waals surface area contributed by atoms with Crippen molar-refractivity contribution in [2.45, 2.75) is 83.2 Å². The molecule has 0 spiro atoms. The number of rotatable bonds is 8. The summed E-state index contributed by atoms with van der Waals surface area (Å²) in [4.78, 5) is 51.6. The third kappa shape index (κ3) is 6.57. The van der Waals surface area contributed by atoms with Gasteiger partial charge in [-0.3, -0.25) is 9.59 Å². The first-order valence-corrected chi connectivity index (χ1v) is 19.1. The normalized spacial score (nSPS) is 21.3. The van der Waals surface area contributed by atoms with Crippen molar-refractivity contribution in [1.29, 1.82) is 0 Å². The number of benzene rings is 1. The maximum absolute atomic E-state index is 13.7. The first-order valence-electron chi connectivity index (χ1n) is 17.3. The van der Waals surface area contributed by atoms with Gasteiger partial charge in [-0.2, -0.15) is 0 Å². The molecule has 5 heterocycles. The predicted octanol–water partition coefficient (Wildman–Crippen LogP) is 6.84.